The van der Waals surface area contributed by atoms with Crippen molar-refractivity contribution in [1.29, 1.82) is 0 Å². The summed E-state index contributed by atoms with van der Waals surface area (Å²) in [6, 6.07) is 5.33. The van der Waals surface area contributed by atoms with E-state index in [1.807, 2.05) is 6.07 Å². The van der Waals surface area contributed by atoms with Crippen LogP contribution in [0.5, 0.6) is 0 Å². The van der Waals surface area contributed by atoms with E-state index >= 15 is 0 Å². The van der Waals surface area contributed by atoms with Crippen molar-refractivity contribution < 1.29 is 4.39 Å². The monoisotopic (exact) mass is 370 g/mol. The maximum Gasteiger partial charge on any atom is 0.125 e. The Kier molecular flexibility index (Phi) is 5.52. The molecule has 2 aromatic rings. The van der Waals surface area contributed by atoms with E-state index in [0.29, 0.717) is 12.0 Å². The van der Waals surface area contributed by atoms with Crippen LogP contribution in [-0.4, -0.2) is 11.0 Å². The smallest absolute Gasteiger partial charge is 0.125 e. The minimum absolute atomic E-state index is 0.248. The molecule has 0 saturated carbocycles. The molecule has 1 aromatic heterocycles. The molecule has 5 heteroatoms. The normalized spacial score (nSPS) is 11.6. The quantitative estimate of drug-likeness (QED) is 0.768. The molecular formula is C16H20BrFN2S. The topological polar surface area (TPSA) is 24.9 Å². The van der Waals surface area contributed by atoms with Gasteiger partial charge in [-0.2, -0.15) is 0 Å². The average Bonchev–Trinajstić information content (AvgIpc) is 2.79. The Balaban J connectivity index is 2.38. The zero-order valence-electron chi connectivity index (χ0n) is 12.7. The van der Waals surface area contributed by atoms with Crippen LogP contribution in [0.3, 0.4) is 0 Å². The molecule has 1 N–H and O–H groups in total. The standard InChI is InChI=1S/C16H20BrFN2S/c1-9(2)15-14(8-19-10(3)4)21-16(20-15)11-5-12(17)7-13(18)6-11/h5-7,9-10,19H,8H2,1-4H3. The van der Waals surface area contributed by atoms with E-state index in [4.69, 9.17) is 4.98 Å². The Morgan fingerprint density at radius 3 is 2.52 bits per heavy atom. The second kappa shape index (κ2) is 6.99. The summed E-state index contributed by atoms with van der Waals surface area (Å²) in [5.41, 5.74) is 1.92. The first kappa shape index (κ1) is 16.6. The van der Waals surface area contributed by atoms with Crippen LogP contribution in [0.25, 0.3) is 10.6 Å². The largest absolute Gasteiger partial charge is 0.310 e. The highest BCUT2D eigenvalue weighted by molar-refractivity contribution is 9.10. The van der Waals surface area contributed by atoms with Crippen LogP contribution in [0.2, 0.25) is 0 Å². The highest BCUT2D eigenvalue weighted by Crippen LogP contribution is 2.33. The van der Waals surface area contributed by atoms with E-state index in [2.05, 4.69) is 48.9 Å². The highest BCUT2D eigenvalue weighted by atomic mass is 79.9. The summed E-state index contributed by atoms with van der Waals surface area (Å²) in [5, 5.41) is 4.31. The van der Waals surface area contributed by atoms with Gasteiger partial charge in [0, 0.05) is 27.5 Å². The third-order valence-corrected chi connectivity index (χ3v) is 4.63. The van der Waals surface area contributed by atoms with Crippen LogP contribution in [0.15, 0.2) is 22.7 Å². The van der Waals surface area contributed by atoms with Gasteiger partial charge in [0.2, 0.25) is 0 Å². The van der Waals surface area contributed by atoms with Gasteiger partial charge in [-0.25, -0.2) is 9.37 Å². The molecule has 1 aromatic carbocycles. The van der Waals surface area contributed by atoms with Gasteiger partial charge in [-0.3, -0.25) is 0 Å². The molecule has 0 spiro atoms. The predicted molar refractivity (Wildman–Crippen MR) is 91.3 cm³/mol. The molecule has 0 fully saturated rings. The molecular weight excluding hydrogens is 351 g/mol. The van der Waals surface area contributed by atoms with Crippen molar-refractivity contribution in [2.75, 3.05) is 0 Å². The molecule has 114 valence electrons. The van der Waals surface area contributed by atoms with Crippen molar-refractivity contribution in [3.05, 3.63) is 39.1 Å². The summed E-state index contributed by atoms with van der Waals surface area (Å²) in [6.07, 6.45) is 0. The van der Waals surface area contributed by atoms with E-state index in [-0.39, 0.29) is 5.82 Å². The Hall–Kier alpha value is -0.780. The van der Waals surface area contributed by atoms with Crippen LogP contribution < -0.4 is 5.32 Å². The van der Waals surface area contributed by atoms with Crippen molar-refractivity contribution in [1.82, 2.24) is 10.3 Å². The van der Waals surface area contributed by atoms with E-state index in [1.165, 1.54) is 17.0 Å². The fourth-order valence-corrected chi connectivity index (χ4v) is 3.66. The van der Waals surface area contributed by atoms with Crippen LogP contribution in [0.4, 0.5) is 4.39 Å². The molecule has 0 aliphatic heterocycles. The maximum absolute atomic E-state index is 13.6. The van der Waals surface area contributed by atoms with Gasteiger partial charge >= 0.3 is 0 Å². The number of hydrogen-bond acceptors (Lipinski definition) is 3. The number of hydrogen-bond donors (Lipinski definition) is 1. The molecule has 1 heterocycles. The summed E-state index contributed by atoms with van der Waals surface area (Å²) < 4.78 is 14.3. The summed E-state index contributed by atoms with van der Waals surface area (Å²) in [7, 11) is 0. The summed E-state index contributed by atoms with van der Waals surface area (Å²) in [4.78, 5) is 5.96. The van der Waals surface area contributed by atoms with Crippen molar-refractivity contribution in [3.63, 3.8) is 0 Å². The second-order valence-corrected chi connectivity index (χ2v) is 7.68. The van der Waals surface area contributed by atoms with Crippen molar-refractivity contribution in [2.45, 2.75) is 46.2 Å². The number of rotatable bonds is 5. The van der Waals surface area contributed by atoms with E-state index < -0.39 is 0 Å². The predicted octanol–water partition coefficient (Wildman–Crippen LogP) is 5.33. The van der Waals surface area contributed by atoms with Gasteiger partial charge in [0.15, 0.2) is 0 Å². The zero-order valence-corrected chi connectivity index (χ0v) is 15.1. The van der Waals surface area contributed by atoms with Gasteiger partial charge in [-0.15, -0.1) is 11.3 Å². The number of nitrogens with one attached hydrogen (secondary N) is 1. The highest BCUT2D eigenvalue weighted by Gasteiger charge is 2.16. The van der Waals surface area contributed by atoms with Crippen LogP contribution in [-0.2, 0) is 6.54 Å². The minimum atomic E-state index is -0.248. The molecule has 0 radical (unpaired) electrons. The Bertz CT molecular complexity index is 602. The van der Waals surface area contributed by atoms with Gasteiger partial charge < -0.3 is 5.32 Å². The third-order valence-electron chi connectivity index (χ3n) is 3.05. The average molecular weight is 371 g/mol. The zero-order chi connectivity index (χ0) is 15.6. The lowest BCUT2D eigenvalue weighted by atomic mass is 10.1. The first-order valence-corrected chi connectivity index (χ1v) is 8.67. The minimum Gasteiger partial charge on any atom is -0.310 e. The van der Waals surface area contributed by atoms with Crippen molar-refractivity contribution in [2.24, 2.45) is 0 Å². The van der Waals surface area contributed by atoms with Gasteiger partial charge in [0.1, 0.15) is 10.8 Å². The lowest BCUT2D eigenvalue weighted by molar-refractivity contribution is 0.588. The molecule has 0 aliphatic rings. The number of nitrogens with zero attached hydrogens (tertiary/aromatic N) is 1. The molecule has 0 bridgehead atoms. The fourth-order valence-electron chi connectivity index (χ4n) is 2.04. The number of thiazole rings is 1. The number of halogens is 2. The van der Waals surface area contributed by atoms with Crippen LogP contribution in [0.1, 0.15) is 44.2 Å². The summed E-state index contributed by atoms with van der Waals surface area (Å²) >= 11 is 4.98. The SMILES string of the molecule is CC(C)NCc1sc(-c2cc(F)cc(Br)c2)nc1C(C)C. The molecule has 0 saturated heterocycles. The molecule has 0 amide bonds. The molecule has 21 heavy (non-hydrogen) atoms. The lowest BCUT2D eigenvalue weighted by Gasteiger charge is -2.09. The van der Waals surface area contributed by atoms with Crippen molar-refractivity contribution >= 4 is 27.3 Å². The first-order valence-electron chi connectivity index (χ1n) is 7.06. The van der Waals surface area contributed by atoms with Gasteiger partial charge in [-0.05, 0) is 24.1 Å². The van der Waals surface area contributed by atoms with Gasteiger partial charge in [0.05, 0.1) is 5.69 Å². The number of benzene rings is 1. The maximum atomic E-state index is 13.6. The molecule has 0 unspecified atom stereocenters. The third kappa shape index (κ3) is 4.34. The molecule has 2 rings (SSSR count). The van der Waals surface area contributed by atoms with Crippen LogP contribution >= 0.6 is 27.3 Å². The van der Waals surface area contributed by atoms with E-state index in [1.54, 1.807) is 11.3 Å². The number of aromatic nitrogens is 1. The molecule has 2 nitrogen and oxygen atoms in total. The first-order chi connectivity index (χ1) is 9.86. The van der Waals surface area contributed by atoms with Crippen LogP contribution in [0, 0.1) is 5.82 Å². The van der Waals surface area contributed by atoms with E-state index in [9.17, 15) is 4.39 Å². The lowest BCUT2D eigenvalue weighted by Crippen LogP contribution is -2.22. The molecule has 0 atom stereocenters. The molecule has 0 aliphatic carbocycles. The second-order valence-electron chi connectivity index (χ2n) is 5.68. The summed E-state index contributed by atoms with van der Waals surface area (Å²) in [5.74, 6) is 0.110. The van der Waals surface area contributed by atoms with E-state index in [0.717, 1.165) is 27.3 Å². The Morgan fingerprint density at radius 2 is 1.95 bits per heavy atom. The Morgan fingerprint density at radius 1 is 1.24 bits per heavy atom. The van der Waals surface area contributed by atoms with Gasteiger partial charge in [-0.1, -0.05) is 43.6 Å². The Labute approximate surface area is 137 Å². The fraction of sp³-hybridized carbons (Fsp3) is 0.438. The van der Waals surface area contributed by atoms with Gasteiger partial charge in [0.25, 0.3) is 0 Å². The summed E-state index contributed by atoms with van der Waals surface area (Å²) in [6.45, 7) is 9.33. The van der Waals surface area contributed by atoms with Crippen molar-refractivity contribution in [3.8, 4) is 10.6 Å².